The lowest BCUT2D eigenvalue weighted by Gasteiger charge is -2.39. The van der Waals surface area contributed by atoms with Crippen molar-refractivity contribution >= 4 is 31.3 Å². The Morgan fingerprint density at radius 2 is 2.07 bits per heavy atom. The summed E-state index contributed by atoms with van der Waals surface area (Å²) in [5.41, 5.74) is 6.86. The van der Waals surface area contributed by atoms with Gasteiger partial charge < -0.3 is 19.6 Å². The van der Waals surface area contributed by atoms with Crippen molar-refractivity contribution in [2.75, 3.05) is 12.8 Å². The third-order valence-electron chi connectivity index (χ3n) is 5.96. The van der Waals surface area contributed by atoms with Crippen LogP contribution in [0.4, 0.5) is 5.82 Å². The molecule has 0 aromatic carbocycles. The van der Waals surface area contributed by atoms with Crippen molar-refractivity contribution in [3.63, 3.8) is 0 Å². The number of nitrogen functional groups attached to an aromatic ring is 1. The number of methoxy groups -OCH3 is 1. The number of carbonyl (C=O) groups excluding carboxylic acids is 1. The number of ether oxygens (including phenoxy) is 2. The maximum Gasteiger partial charge on any atom is 0.376 e. The molecule has 0 aliphatic carbocycles. The van der Waals surface area contributed by atoms with Crippen molar-refractivity contribution in [3.05, 3.63) is 12.2 Å². The molecular weight excluding hydrogens is 390 g/mol. The van der Waals surface area contributed by atoms with Crippen LogP contribution in [-0.4, -0.2) is 53.1 Å². The molecule has 1 saturated heterocycles. The molecule has 2 aromatic rings. The molecule has 160 valence electrons. The van der Waals surface area contributed by atoms with Crippen molar-refractivity contribution in [1.29, 1.82) is 0 Å². The minimum atomic E-state index is -1.95. The van der Waals surface area contributed by atoms with E-state index in [2.05, 4.69) is 55.7 Å². The molecule has 3 rings (SSSR count). The molecule has 1 aliphatic heterocycles. The number of hydrogen-bond acceptors (Lipinski definition) is 8. The Bertz CT molecular complexity index is 908. The molecule has 2 N–H and O–H groups in total. The number of carbonyl (C=O) groups is 1. The molecule has 3 atom stereocenters. The van der Waals surface area contributed by atoms with E-state index in [0.717, 1.165) is 6.42 Å². The summed E-state index contributed by atoms with van der Waals surface area (Å²) in [6.45, 7) is 13.3. The van der Waals surface area contributed by atoms with Gasteiger partial charge in [0, 0.05) is 6.42 Å². The van der Waals surface area contributed by atoms with E-state index in [1.54, 1.807) is 10.9 Å². The summed E-state index contributed by atoms with van der Waals surface area (Å²) < 4.78 is 19.5. The number of aromatic nitrogens is 4. The fourth-order valence-electron chi connectivity index (χ4n) is 3.24. The zero-order valence-electron chi connectivity index (χ0n) is 18.2. The van der Waals surface area contributed by atoms with E-state index < -0.39 is 14.3 Å². The van der Waals surface area contributed by atoms with Gasteiger partial charge in [0.2, 0.25) is 5.82 Å². The molecule has 0 bridgehead atoms. The second-order valence-electron chi connectivity index (χ2n) is 8.94. The van der Waals surface area contributed by atoms with Crippen molar-refractivity contribution in [3.8, 4) is 0 Å². The average molecular weight is 422 g/mol. The SMILES string of the molecule is CC[C@H]1O[C@@H](n2cnc3c(N)nc(C(=O)OC)nc32)CC1O[Si](C)(C)C(C)(C)C. The first-order valence-electron chi connectivity index (χ1n) is 9.90. The van der Waals surface area contributed by atoms with Crippen molar-refractivity contribution in [2.45, 2.75) is 77.1 Å². The Hall–Kier alpha value is -2.04. The Labute approximate surface area is 172 Å². The molecule has 0 spiro atoms. The molecule has 0 saturated carbocycles. The van der Waals surface area contributed by atoms with Crippen molar-refractivity contribution in [2.24, 2.45) is 0 Å². The molecule has 1 aliphatic rings. The topological polar surface area (TPSA) is 114 Å². The molecule has 9 nitrogen and oxygen atoms in total. The van der Waals surface area contributed by atoms with Crippen LogP contribution in [0.1, 0.15) is 57.4 Å². The van der Waals surface area contributed by atoms with Crippen LogP contribution in [-0.2, 0) is 13.9 Å². The lowest BCUT2D eigenvalue weighted by atomic mass is 10.1. The second-order valence-corrected chi connectivity index (χ2v) is 13.7. The van der Waals surface area contributed by atoms with Gasteiger partial charge in [0.25, 0.3) is 0 Å². The van der Waals surface area contributed by atoms with E-state index in [-0.39, 0.29) is 35.1 Å². The van der Waals surface area contributed by atoms with E-state index >= 15 is 0 Å². The Kier molecular flexibility index (Phi) is 5.72. The highest BCUT2D eigenvalue weighted by atomic mass is 28.4. The summed E-state index contributed by atoms with van der Waals surface area (Å²) in [6, 6.07) is 0. The van der Waals surface area contributed by atoms with Crippen LogP contribution in [0.3, 0.4) is 0 Å². The average Bonchev–Trinajstić information content (AvgIpc) is 3.23. The zero-order valence-corrected chi connectivity index (χ0v) is 19.2. The first-order chi connectivity index (χ1) is 13.5. The van der Waals surface area contributed by atoms with Crippen LogP contribution in [0.5, 0.6) is 0 Å². The van der Waals surface area contributed by atoms with Gasteiger partial charge in [0.1, 0.15) is 11.7 Å². The minimum Gasteiger partial charge on any atom is -0.463 e. The monoisotopic (exact) mass is 421 g/mol. The maximum atomic E-state index is 11.9. The molecule has 1 unspecified atom stereocenters. The van der Waals surface area contributed by atoms with Crippen LogP contribution >= 0.6 is 0 Å². The molecule has 1 fully saturated rings. The number of nitrogens with two attached hydrogens (primary N) is 1. The Morgan fingerprint density at radius 3 is 2.66 bits per heavy atom. The van der Waals surface area contributed by atoms with E-state index in [0.29, 0.717) is 17.6 Å². The van der Waals surface area contributed by atoms with Gasteiger partial charge >= 0.3 is 5.97 Å². The van der Waals surface area contributed by atoms with E-state index in [1.807, 2.05) is 0 Å². The highest BCUT2D eigenvalue weighted by Crippen LogP contribution is 2.42. The molecule has 3 heterocycles. The van der Waals surface area contributed by atoms with Crippen LogP contribution in [0.2, 0.25) is 18.1 Å². The predicted octanol–water partition coefficient (Wildman–Crippen LogP) is 3.28. The van der Waals surface area contributed by atoms with Gasteiger partial charge in [0.15, 0.2) is 19.8 Å². The number of hydrogen-bond donors (Lipinski definition) is 1. The standard InChI is InChI=1S/C19H31N5O4Si/c1-8-11-12(28-29(6,7)19(2,3)4)9-13(27-11)24-10-21-14-15(20)22-16(18(25)26-5)23-17(14)24/h10-13H,8-9H2,1-7H3,(H2,20,22,23)/t11-,12?,13-/m1/s1. The summed E-state index contributed by atoms with van der Waals surface area (Å²) in [5, 5.41) is 0.113. The van der Waals surface area contributed by atoms with E-state index in [1.165, 1.54) is 7.11 Å². The highest BCUT2D eigenvalue weighted by Gasteiger charge is 2.44. The number of rotatable bonds is 5. The predicted molar refractivity (Wildman–Crippen MR) is 112 cm³/mol. The van der Waals surface area contributed by atoms with Crippen LogP contribution in [0.25, 0.3) is 11.2 Å². The third-order valence-corrected chi connectivity index (χ3v) is 10.5. The fourth-order valence-corrected chi connectivity index (χ4v) is 4.60. The van der Waals surface area contributed by atoms with E-state index in [9.17, 15) is 4.79 Å². The smallest absolute Gasteiger partial charge is 0.376 e. The van der Waals surface area contributed by atoms with Crippen molar-refractivity contribution in [1.82, 2.24) is 19.5 Å². The molecule has 10 heteroatoms. The fraction of sp³-hybridized carbons (Fsp3) is 0.684. The Morgan fingerprint density at radius 1 is 1.38 bits per heavy atom. The number of fused-ring (bicyclic) bond motifs is 1. The normalized spacial score (nSPS) is 22.9. The third kappa shape index (κ3) is 4.01. The first kappa shape index (κ1) is 21.7. The lowest BCUT2D eigenvalue weighted by molar-refractivity contribution is -0.0162. The quantitative estimate of drug-likeness (QED) is 0.578. The van der Waals surface area contributed by atoms with Gasteiger partial charge in [-0.1, -0.05) is 27.7 Å². The lowest BCUT2D eigenvalue weighted by Crippen LogP contribution is -2.45. The van der Waals surface area contributed by atoms with Gasteiger partial charge in [-0.15, -0.1) is 0 Å². The summed E-state index contributed by atoms with van der Waals surface area (Å²) in [5.74, 6) is -0.615. The largest absolute Gasteiger partial charge is 0.463 e. The minimum absolute atomic E-state index is 0.0115. The number of nitrogens with zero attached hydrogens (tertiary/aromatic N) is 4. The summed E-state index contributed by atoms with van der Waals surface area (Å²) in [6.07, 6.45) is 2.80. The number of imidazole rings is 1. The molecular formula is C19H31N5O4Si. The zero-order chi connectivity index (χ0) is 21.6. The van der Waals surface area contributed by atoms with Crippen LogP contribution < -0.4 is 5.73 Å². The Balaban J connectivity index is 1.92. The van der Waals surface area contributed by atoms with Gasteiger partial charge in [-0.2, -0.15) is 0 Å². The summed E-state index contributed by atoms with van der Waals surface area (Å²) in [7, 11) is -0.670. The van der Waals surface area contributed by atoms with Crippen LogP contribution in [0.15, 0.2) is 6.33 Å². The van der Waals surface area contributed by atoms with Crippen molar-refractivity contribution < 1.29 is 18.7 Å². The van der Waals surface area contributed by atoms with Crippen LogP contribution in [0, 0.1) is 0 Å². The molecule has 29 heavy (non-hydrogen) atoms. The maximum absolute atomic E-state index is 11.9. The van der Waals surface area contributed by atoms with Gasteiger partial charge in [-0.05, 0) is 24.6 Å². The van der Waals surface area contributed by atoms with Gasteiger partial charge in [-0.3, -0.25) is 4.57 Å². The first-order valence-corrected chi connectivity index (χ1v) is 12.8. The number of esters is 1. The summed E-state index contributed by atoms with van der Waals surface area (Å²) in [4.78, 5) is 24.5. The highest BCUT2D eigenvalue weighted by molar-refractivity contribution is 6.74. The van der Waals surface area contributed by atoms with E-state index in [4.69, 9.17) is 19.6 Å². The van der Waals surface area contributed by atoms with Gasteiger partial charge in [-0.25, -0.2) is 19.7 Å². The molecule has 0 amide bonds. The molecule has 2 aromatic heterocycles. The summed E-state index contributed by atoms with van der Waals surface area (Å²) >= 11 is 0. The number of anilines is 1. The second kappa shape index (κ2) is 7.65. The molecule has 0 radical (unpaired) electrons. The van der Waals surface area contributed by atoms with Gasteiger partial charge in [0.05, 0.1) is 25.6 Å².